The van der Waals surface area contributed by atoms with Gasteiger partial charge < -0.3 is 21.3 Å². The molecule has 0 aliphatic carbocycles. The molecule has 10 nitrogen and oxygen atoms in total. The Morgan fingerprint density at radius 2 is 1.71 bits per heavy atom. The van der Waals surface area contributed by atoms with Crippen molar-refractivity contribution in [3.8, 4) is 0 Å². The zero-order chi connectivity index (χ0) is 23.2. The molecule has 0 aliphatic heterocycles. The maximum absolute atomic E-state index is 12.3. The molecule has 0 radical (unpaired) electrons. The van der Waals surface area contributed by atoms with Crippen molar-refractivity contribution in [2.75, 3.05) is 51.7 Å². The number of carbonyl (C=O) groups is 1. The molecule has 2 aromatic rings. The Bertz CT molecular complexity index is 1030. The highest BCUT2D eigenvalue weighted by molar-refractivity contribution is 7.89. The first kappa shape index (κ1) is 24.8. The third kappa shape index (κ3) is 7.31. The first-order chi connectivity index (χ1) is 14.4. The van der Waals surface area contributed by atoms with Crippen LogP contribution in [-0.2, 0) is 10.0 Å². The molecule has 0 aliphatic rings. The van der Waals surface area contributed by atoms with Crippen LogP contribution < -0.4 is 21.5 Å². The molecular weight excluding hydrogens is 442 g/mol. The van der Waals surface area contributed by atoms with Crippen LogP contribution in [0.25, 0.3) is 0 Å². The fourth-order valence-electron chi connectivity index (χ4n) is 2.79. The van der Waals surface area contributed by atoms with Gasteiger partial charge in [0, 0.05) is 13.0 Å². The van der Waals surface area contributed by atoms with E-state index in [1.807, 2.05) is 21.0 Å². The van der Waals surface area contributed by atoms with Crippen LogP contribution in [0.1, 0.15) is 22.5 Å². The highest BCUT2D eigenvalue weighted by Gasteiger charge is 2.19. The summed E-state index contributed by atoms with van der Waals surface area (Å²) in [5.41, 5.74) is 12.1. The Kier molecular flexibility index (Phi) is 8.18. The van der Waals surface area contributed by atoms with Crippen LogP contribution in [0.5, 0.6) is 0 Å². The summed E-state index contributed by atoms with van der Waals surface area (Å²) in [7, 11) is 0.467. The average Bonchev–Trinajstić information content (AvgIpc) is 2.68. The van der Waals surface area contributed by atoms with Gasteiger partial charge in [-0.05, 0) is 19.1 Å². The van der Waals surface area contributed by atoms with Crippen LogP contribution >= 0.6 is 11.6 Å². The molecule has 0 unspecified atom stereocenters. The van der Waals surface area contributed by atoms with Crippen LogP contribution in [0.4, 0.5) is 11.6 Å². The number of aromatic nitrogens is 2. The Morgan fingerprint density at radius 3 is 2.35 bits per heavy atom. The molecule has 2 rings (SSSR count). The van der Waals surface area contributed by atoms with Crippen LogP contribution in [0, 0.1) is 6.92 Å². The van der Waals surface area contributed by atoms with Crippen molar-refractivity contribution in [3.63, 3.8) is 0 Å². The van der Waals surface area contributed by atoms with E-state index in [-0.39, 0.29) is 27.4 Å². The molecule has 0 bridgehead atoms. The maximum Gasteiger partial charge on any atom is 0.273 e. The molecular formula is C19H29ClN7O3S+. The number of nitrogens with one attached hydrogen (secondary N) is 2. The molecule has 31 heavy (non-hydrogen) atoms. The number of nitrogen functional groups attached to an aromatic ring is 2. The lowest BCUT2D eigenvalue weighted by Crippen LogP contribution is -2.46. The zero-order valence-electron chi connectivity index (χ0n) is 17.9. The third-order valence-electron chi connectivity index (χ3n) is 4.69. The van der Waals surface area contributed by atoms with Gasteiger partial charge in [-0.2, -0.15) is 0 Å². The molecule has 0 saturated heterocycles. The Labute approximate surface area is 187 Å². The van der Waals surface area contributed by atoms with E-state index >= 15 is 0 Å². The standard InChI is InChI=1S/C19H28ClN7O3S/c1-13-5-7-14(8-6-13)31(29,30)24-9-4-11-27(2,3)12-10-23-19(28)15-17(21)26-18(22)16(20)25-15/h5-8,24H,4,9-12H2,1-3H3,(H4-,21,22,23,26,28)/p+1. The number of quaternary nitrogens is 1. The maximum atomic E-state index is 12.3. The van der Waals surface area contributed by atoms with Crippen molar-refractivity contribution in [2.45, 2.75) is 18.2 Å². The number of halogens is 1. The van der Waals surface area contributed by atoms with Gasteiger partial charge in [-0.25, -0.2) is 23.1 Å². The number of hydrogen-bond acceptors (Lipinski definition) is 7. The van der Waals surface area contributed by atoms with Gasteiger partial charge >= 0.3 is 0 Å². The van der Waals surface area contributed by atoms with Gasteiger partial charge in [0.15, 0.2) is 22.5 Å². The Hall–Kier alpha value is -2.47. The summed E-state index contributed by atoms with van der Waals surface area (Å²) in [5.74, 6) is -0.613. The SMILES string of the molecule is Cc1ccc(S(=O)(=O)NCCC[N+](C)(C)CCNC(=O)c2nc(Cl)c(N)nc2N)cc1. The van der Waals surface area contributed by atoms with Crippen LogP contribution in [0.2, 0.25) is 5.15 Å². The molecule has 0 saturated carbocycles. The molecule has 1 aromatic heterocycles. The molecule has 12 heteroatoms. The second-order valence-electron chi connectivity index (χ2n) is 7.84. The number of benzene rings is 1. The zero-order valence-corrected chi connectivity index (χ0v) is 19.4. The number of anilines is 2. The van der Waals surface area contributed by atoms with E-state index in [9.17, 15) is 13.2 Å². The van der Waals surface area contributed by atoms with Crippen molar-refractivity contribution in [1.29, 1.82) is 0 Å². The predicted molar refractivity (Wildman–Crippen MR) is 121 cm³/mol. The number of nitrogens with two attached hydrogens (primary N) is 2. The van der Waals surface area contributed by atoms with E-state index in [0.29, 0.717) is 37.1 Å². The molecule has 1 heterocycles. The Balaban J connectivity index is 1.77. The predicted octanol–water partition coefficient (Wildman–Crippen LogP) is 0.778. The average molecular weight is 471 g/mol. The number of carbonyl (C=O) groups excluding carboxylic acids is 1. The highest BCUT2D eigenvalue weighted by atomic mass is 35.5. The number of aryl methyl sites for hydroxylation is 1. The van der Waals surface area contributed by atoms with Crippen molar-refractivity contribution in [3.05, 3.63) is 40.7 Å². The van der Waals surface area contributed by atoms with Gasteiger partial charge in [0.1, 0.15) is 0 Å². The first-order valence-electron chi connectivity index (χ1n) is 9.66. The van der Waals surface area contributed by atoms with E-state index in [2.05, 4.69) is 20.0 Å². The number of likely N-dealkylation sites (N-methyl/N-ethyl adjacent to an activating group) is 1. The summed E-state index contributed by atoms with van der Waals surface area (Å²) < 4.78 is 27.8. The van der Waals surface area contributed by atoms with Gasteiger partial charge in [-0.1, -0.05) is 29.3 Å². The largest absolute Gasteiger partial charge is 0.382 e. The lowest BCUT2D eigenvalue weighted by atomic mass is 10.2. The summed E-state index contributed by atoms with van der Waals surface area (Å²) in [5, 5.41) is 2.66. The van der Waals surface area contributed by atoms with Gasteiger partial charge in [0.25, 0.3) is 5.91 Å². The van der Waals surface area contributed by atoms with E-state index in [0.717, 1.165) is 5.56 Å². The van der Waals surface area contributed by atoms with Gasteiger partial charge in [0.05, 0.1) is 38.6 Å². The summed E-state index contributed by atoms with van der Waals surface area (Å²) >= 11 is 5.80. The molecule has 170 valence electrons. The topological polar surface area (TPSA) is 153 Å². The molecule has 0 atom stereocenters. The van der Waals surface area contributed by atoms with Gasteiger partial charge in [-0.3, -0.25) is 4.79 Å². The number of rotatable bonds is 10. The van der Waals surface area contributed by atoms with Crippen molar-refractivity contribution in [1.82, 2.24) is 20.0 Å². The molecule has 6 N–H and O–H groups in total. The molecule has 0 spiro atoms. The summed E-state index contributed by atoms with van der Waals surface area (Å²) in [4.78, 5) is 20.2. The smallest absolute Gasteiger partial charge is 0.273 e. The lowest BCUT2D eigenvalue weighted by Gasteiger charge is -2.30. The molecule has 1 amide bonds. The van der Waals surface area contributed by atoms with Crippen LogP contribution in [-0.4, -0.2) is 69.1 Å². The van der Waals surface area contributed by atoms with E-state index in [1.54, 1.807) is 24.3 Å². The number of hydrogen-bond donors (Lipinski definition) is 4. The number of sulfonamides is 1. The number of amides is 1. The Morgan fingerprint density at radius 1 is 1.06 bits per heavy atom. The van der Waals surface area contributed by atoms with E-state index in [1.165, 1.54) is 0 Å². The van der Waals surface area contributed by atoms with Crippen LogP contribution in [0.15, 0.2) is 29.2 Å². The van der Waals surface area contributed by atoms with E-state index < -0.39 is 15.9 Å². The normalized spacial score (nSPS) is 12.0. The minimum Gasteiger partial charge on any atom is -0.382 e. The van der Waals surface area contributed by atoms with Crippen molar-refractivity contribution >= 4 is 39.2 Å². The van der Waals surface area contributed by atoms with Gasteiger partial charge in [-0.15, -0.1) is 0 Å². The van der Waals surface area contributed by atoms with Crippen molar-refractivity contribution in [2.24, 2.45) is 0 Å². The monoisotopic (exact) mass is 470 g/mol. The quantitative estimate of drug-likeness (QED) is 0.295. The van der Waals surface area contributed by atoms with Gasteiger partial charge in [0.2, 0.25) is 10.0 Å². The summed E-state index contributed by atoms with van der Waals surface area (Å²) in [6.07, 6.45) is 0.637. The second kappa shape index (κ2) is 10.2. The van der Waals surface area contributed by atoms with E-state index in [4.69, 9.17) is 23.1 Å². The molecule has 0 fully saturated rings. The minimum absolute atomic E-state index is 0.0356. The minimum atomic E-state index is -3.52. The van der Waals surface area contributed by atoms with Crippen LogP contribution in [0.3, 0.4) is 0 Å². The number of nitrogens with zero attached hydrogens (tertiary/aromatic N) is 3. The van der Waals surface area contributed by atoms with Crippen molar-refractivity contribution < 1.29 is 17.7 Å². The second-order valence-corrected chi connectivity index (χ2v) is 9.96. The summed E-state index contributed by atoms with van der Waals surface area (Å²) in [6, 6.07) is 6.71. The molecule has 1 aromatic carbocycles. The highest BCUT2D eigenvalue weighted by Crippen LogP contribution is 2.17. The fraction of sp³-hybridized carbons (Fsp3) is 0.421. The first-order valence-corrected chi connectivity index (χ1v) is 11.5. The fourth-order valence-corrected chi connectivity index (χ4v) is 3.99. The third-order valence-corrected chi connectivity index (χ3v) is 6.44. The summed E-state index contributed by atoms with van der Waals surface area (Å²) in [6.45, 7) is 3.91. The lowest BCUT2D eigenvalue weighted by molar-refractivity contribution is -0.889.